The summed E-state index contributed by atoms with van der Waals surface area (Å²) in [5, 5.41) is 4.25. The number of imidazole rings is 1. The highest BCUT2D eigenvalue weighted by Gasteiger charge is 2.15. The number of fused-ring (bicyclic) bond motifs is 1. The minimum absolute atomic E-state index is 0.211. The van der Waals surface area contributed by atoms with E-state index < -0.39 is 0 Å². The number of thiophene rings is 1. The molecule has 0 radical (unpaired) electrons. The number of nitrogens with zero attached hydrogens (tertiary/aromatic N) is 2. The average molecular weight is 257 g/mol. The molecular weight excluding hydrogens is 242 g/mol. The molecule has 2 N–H and O–H groups in total. The molecule has 2 aromatic heterocycles. The second-order valence-corrected chi connectivity index (χ2v) is 5.34. The summed E-state index contributed by atoms with van der Waals surface area (Å²) in [5.41, 5.74) is 10.6. The van der Waals surface area contributed by atoms with Crippen LogP contribution >= 0.6 is 11.3 Å². The Balaban J connectivity index is 2.22. The zero-order chi connectivity index (χ0) is 12.7. The molecule has 0 saturated heterocycles. The van der Waals surface area contributed by atoms with E-state index in [0.29, 0.717) is 5.95 Å². The van der Waals surface area contributed by atoms with Crippen LogP contribution < -0.4 is 5.73 Å². The van der Waals surface area contributed by atoms with Crippen molar-refractivity contribution in [3.8, 4) is 0 Å². The summed E-state index contributed by atoms with van der Waals surface area (Å²) in [7, 11) is 0. The normalized spacial score (nSPS) is 13.0. The van der Waals surface area contributed by atoms with E-state index in [1.54, 1.807) is 11.3 Å². The van der Waals surface area contributed by atoms with Gasteiger partial charge in [-0.25, -0.2) is 4.98 Å². The Labute approximate surface area is 110 Å². The van der Waals surface area contributed by atoms with Crippen molar-refractivity contribution in [2.24, 2.45) is 0 Å². The third-order valence-electron chi connectivity index (χ3n) is 3.29. The van der Waals surface area contributed by atoms with Gasteiger partial charge >= 0.3 is 0 Å². The van der Waals surface area contributed by atoms with Crippen molar-refractivity contribution >= 4 is 28.3 Å². The van der Waals surface area contributed by atoms with Crippen LogP contribution in [0.25, 0.3) is 11.0 Å². The van der Waals surface area contributed by atoms with Crippen LogP contribution in [-0.2, 0) is 0 Å². The molecule has 0 saturated carbocycles. The van der Waals surface area contributed by atoms with Gasteiger partial charge in [-0.2, -0.15) is 11.3 Å². The van der Waals surface area contributed by atoms with Gasteiger partial charge in [-0.15, -0.1) is 0 Å². The summed E-state index contributed by atoms with van der Waals surface area (Å²) >= 11 is 1.71. The largest absolute Gasteiger partial charge is 0.369 e. The van der Waals surface area contributed by atoms with E-state index >= 15 is 0 Å². The smallest absolute Gasteiger partial charge is 0.201 e. The number of rotatable bonds is 2. The highest BCUT2D eigenvalue weighted by atomic mass is 32.1. The molecule has 1 aromatic carbocycles. The first kappa shape index (κ1) is 11.3. The van der Waals surface area contributed by atoms with Crippen LogP contribution in [0.4, 0.5) is 5.95 Å². The molecule has 1 atom stereocenters. The molecule has 3 aromatic rings. The van der Waals surface area contributed by atoms with Crippen LogP contribution in [0, 0.1) is 6.92 Å². The fourth-order valence-corrected chi connectivity index (χ4v) is 3.04. The molecule has 0 aliphatic heterocycles. The van der Waals surface area contributed by atoms with Gasteiger partial charge in [0.2, 0.25) is 5.95 Å². The summed E-state index contributed by atoms with van der Waals surface area (Å²) in [6.07, 6.45) is 0. The molecule has 3 rings (SSSR count). The molecule has 0 fully saturated rings. The van der Waals surface area contributed by atoms with Gasteiger partial charge < -0.3 is 10.3 Å². The lowest BCUT2D eigenvalue weighted by atomic mass is 10.1. The summed E-state index contributed by atoms with van der Waals surface area (Å²) < 4.78 is 2.10. The Morgan fingerprint density at radius 2 is 2.17 bits per heavy atom. The van der Waals surface area contributed by atoms with E-state index in [1.165, 1.54) is 11.1 Å². The fraction of sp³-hybridized carbons (Fsp3) is 0.214. The van der Waals surface area contributed by atoms with Crippen molar-refractivity contribution in [1.29, 1.82) is 0 Å². The molecule has 0 aliphatic rings. The SMILES string of the molecule is Cc1ccc2nc(N)n(C(C)c3ccsc3)c2c1. The van der Waals surface area contributed by atoms with E-state index in [9.17, 15) is 0 Å². The lowest BCUT2D eigenvalue weighted by molar-refractivity contribution is 0.670. The van der Waals surface area contributed by atoms with E-state index in [4.69, 9.17) is 5.73 Å². The van der Waals surface area contributed by atoms with Crippen LogP contribution in [0.5, 0.6) is 0 Å². The average Bonchev–Trinajstić information content (AvgIpc) is 2.94. The van der Waals surface area contributed by atoms with Crippen molar-refractivity contribution in [2.45, 2.75) is 19.9 Å². The molecule has 1 unspecified atom stereocenters. The molecular formula is C14H15N3S. The summed E-state index contributed by atoms with van der Waals surface area (Å²) in [4.78, 5) is 4.43. The van der Waals surface area contributed by atoms with Gasteiger partial charge in [0, 0.05) is 0 Å². The van der Waals surface area contributed by atoms with Gasteiger partial charge in [0.25, 0.3) is 0 Å². The number of aryl methyl sites for hydroxylation is 1. The molecule has 4 heteroatoms. The van der Waals surface area contributed by atoms with Crippen LogP contribution in [0.3, 0.4) is 0 Å². The minimum atomic E-state index is 0.211. The Bertz CT molecular complexity index is 682. The van der Waals surface area contributed by atoms with Gasteiger partial charge in [-0.3, -0.25) is 0 Å². The first-order valence-electron chi connectivity index (χ1n) is 5.93. The Morgan fingerprint density at radius 3 is 2.89 bits per heavy atom. The van der Waals surface area contributed by atoms with E-state index in [2.05, 4.69) is 52.4 Å². The van der Waals surface area contributed by atoms with Crippen molar-refractivity contribution in [3.05, 3.63) is 46.2 Å². The molecule has 2 heterocycles. The number of benzene rings is 1. The second-order valence-electron chi connectivity index (χ2n) is 4.56. The highest BCUT2D eigenvalue weighted by molar-refractivity contribution is 7.07. The third-order valence-corrected chi connectivity index (χ3v) is 3.99. The zero-order valence-corrected chi connectivity index (χ0v) is 11.2. The van der Waals surface area contributed by atoms with Crippen molar-refractivity contribution in [1.82, 2.24) is 9.55 Å². The Morgan fingerprint density at radius 1 is 1.33 bits per heavy atom. The summed E-state index contributed by atoms with van der Waals surface area (Å²) in [6.45, 7) is 4.24. The number of hydrogen-bond donors (Lipinski definition) is 1. The molecule has 0 bridgehead atoms. The van der Waals surface area contributed by atoms with Crippen LogP contribution in [0.1, 0.15) is 24.1 Å². The van der Waals surface area contributed by atoms with E-state index in [0.717, 1.165) is 11.0 Å². The van der Waals surface area contributed by atoms with E-state index in [1.807, 2.05) is 6.07 Å². The predicted octanol–water partition coefficient (Wildman–Crippen LogP) is 3.60. The van der Waals surface area contributed by atoms with Gasteiger partial charge in [0.1, 0.15) is 0 Å². The van der Waals surface area contributed by atoms with Crippen molar-refractivity contribution in [3.63, 3.8) is 0 Å². The fourth-order valence-electron chi connectivity index (χ4n) is 2.29. The van der Waals surface area contributed by atoms with Gasteiger partial charge in [-0.05, 0) is 53.9 Å². The van der Waals surface area contributed by atoms with E-state index in [-0.39, 0.29) is 6.04 Å². The maximum atomic E-state index is 6.07. The Hall–Kier alpha value is -1.81. The Kier molecular flexibility index (Phi) is 2.59. The standard InChI is InChI=1S/C14H15N3S/c1-9-3-4-12-13(7-9)17(14(15)16-12)10(2)11-5-6-18-8-11/h3-8,10H,1-2H3,(H2,15,16). The maximum Gasteiger partial charge on any atom is 0.201 e. The first-order valence-corrected chi connectivity index (χ1v) is 6.87. The van der Waals surface area contributed by atoms with Gasteiger partial charge in [0.15, 0.2) is 0 Å². The molecule has 18 heavy (non-hydrogen) atoms. The third kappa shape index (κ3) is 1.69. The summed E-state index contributed by atoms with van der Waals surface area (Å²) in [5.74, 6) is 0.578. The molecule has 0 amide bonds. The molecule has 0 aliphatic carbocycles. The molecule has 3 nitrogen and oxygen atoms in total. The molecule has 0 spiro atoms. The van der Waals surface area contributed by atoms with Crippen LogP contribution in [0.15, 0.2) is 35.0 Å². The second kappa shape index (κ2) is 4.14. The van der Waals surface area contributed by atoms with Crippen molar-refractivity contribution < 1.29 is 0 Å². The number of nitrogen functional groups attached to an aromatic ring is 1. The van der Waals surface area contributed by atoms with Crippen LogP contribution in [0.2, 0.25) is 0 Å². The zero-order valence-electron chi connectivity index (χ0n) is 10.4. The topological polar surface area (TPSA) is 43.8 Å². The lowest BCUT2D eigenvalue weighted by Crippen LogP contribution is -2.09. The quantitative estimate of drug-likeness (QED) is 0.762. The number of anilines is 1. The minimum Gasteiger partial charge on any atom is -0.369 e. The van der Waals surface area contributed by atoms with Crippen molar-refractivity contribution in [2.75, 3.05) is 5.73 Å². The number of nitrogens with two attached hydrogens (primary N) is 1. The predicted molar refractivity (Wildman–Crippen MR) is 77.0 cm³/mol. The first-order chi connectivity index (χ1) is 8.66. The van der Waals surface area contributed by atoms with Gasteiger partial charge in [-0.1, -0.05) is 6.07 Å². The maximum absolute atomic E-state index is 6.07. The number of hydrogen-bond acceptors (Lipinski definition) is 3. The monoisotopic (exact) mass is 257 g/mol. The molecule has 92 valence electrons. The van der Waals surface area contributed by atoms with Gasteiger partial charge in [0.05, 0.1) is 17.1 Å². The van der Waals surface area contributed by atoms with Crippen LogP contribution in [-0.4, -0.2) is 9.55 Å². The number of aromatic nitrogens is 2. The summed E-state index contributed by atoms with van der Waals surface area (Å²) in [6, 6.07) is 8.58. The lowest BCUT2D eigenvalue weighted by Gasteiger charge is -2.15. The highest BCUT2D eigenvalue weighted by Crippen LogP contribution is 2.28.